The SMILES string of the molecule is COC(=O)COc1cccc2c(CCOC3CCCCO3)c(CCO)oc12. The maximum atomic E-state index is 11.3. The van der Waals surface area contributed by atoms with Gasteiger partial charge in [0.25, 0.3) is 0 Å². The number of methoxy groups -OCH3 is 1. The van der Waals surface area contributed by atoms with Gasteiger partial charge in [0.1, 0.15) is 5.76 Å². The fourth-order valence-electron chi connectivity index (χ4n) is 3.22. The zero-order chi connectivity index (χ0) is 19.1. The van der Waals surface area contributed by atoms with Gasteiger partial charge in [-0.3, -0.25) is 0 Å². The molecule has 1 atom stereocenters. The standard InChI is InChI=1S/C20H26O7/c1-23-18(22)13-26-17-6-4-5-15-14(16(8-10-21)27-20(15)17)9-12-25-19-7-2-3-11-24-19/h4-6,19,21H,2-3,7-13H2,1H3. The van der Waals surface area contributed by atoms with E-state index < -0.39 is 5.97 Å². The molecule has 3 rings (SSSR count). The Morgan fingerprint density at radius 2 is 2.19 bits per heavy atom. The van der Waals surface area contributed by atoms with Gasteiger partial charge in [0.05, 0.1) is 20.3 Å². The van der Waals surface area contributed by atoms with Crippen LogP contribution in [0.2, 0.25) is 0 Å². The number of benzene rings is 1. The van der Waals surface area contributed by atoms with E-state index in [0.29, 0.717) is 36.5 Å². The van der Waals surface area contributed by atoms with Gasteiger partial charge in [-0.15, -0.1) is 0 Å². The summed E-state index contributed by atoms with van der Waals surface area (Å²) in [6.45, 7) is 1.04. The van der Waals surface area contributed by atoms with Crippen molar-refractivity contribution in [2.75, 3.05) is 33.5 Å². The first-order valence-electron chi connectivity index (χ1n) is 9.30. The number of hydrogen-bond acceptors (Lipinski definition) is 7. The van der Waals surface area contributed by atoms with Crippen molar-refractivity contribution in [1.29, 1.82) is 0 Å². The summed E-state index contributed by atoms with van der Waals surface area (Å²) in [6.07, 6.45) is 4.03. The molecule has 0 saturated carbocycles. The lowest BCUT2D eigenvalue weighted by molar-refractivity contribution is -0.161. The first kappa shape index (κ1) is 19.7. The Morgan fingerprint density at radius 1 is 1.30 bits per heavy atom. The Bertz CT molecular complexity index is 746. The second-order valence-corrected chi connectivity index (χ2v) is 6.39. The fourth-order valence-corrected chi connectivity index (χ4v) is 3.22. The Morgan fingerprint density at radius 3 is 2.93 bits per heavy atom. The average Bonchev–Trinajstić information content (AvgIpc) is 3.05. The van der Waals surface area contributed by atoms with Crippen LogP contribution in [0, 0.1) is 0 Å². The Balaban J connectivity index is 1.75. The maximum absolute atomic E-state index is 11.3. The number of rotatable bonds is 9. The van der Waals surface area contributed by atoms with Crippen LogP contribution in [0.1, 0.15) is 30.6 Å². The molecule has 1 aliphatic heterocycles. The Hall–Kier alpha value is -2.09. The summed E-state index contributed by atoms with van der Waals surface area (Å²) in [4.78, 5) is 11.3. The highest BCUT2D eigenvalue weighted by Gasteiger charge is 2.19. The normalized spacial score (nSPS) is 17.2. The quantitative estimate of drug-likeness (QED) is 0.671. The number of ether oxygens (including phenoxy) is 4. The summed E-state index contributed by atoms with van der Waals surface area (Å²) < 4.78 is 27.5. The number of carbonyl (C=O) groups excluding carboxylic acids is 1. The van der Waals surface area contributed by atoms with Crippen molar-refractivity contribution in [2.24, 2.45) is 0 Å². The third-order valence-corrected chi connectivity index (χ3v) is 4.57. The van der Waals surface area contributed by atoms with Gasteiger partial charge in [-0.1, -0.05) is 12.1 Å². The molecule has 7 heteroatoms. The summed E-state index contributed by atoms with van der Waals surface area (Å²) in [7, 11) is 1.31. The van der Waals surface area contributed by atoms with E-state index in [1.807, 2.05) is 12.1 Å². The molecule has 1 unspecified atom stereocenters. The number of carbonyl (C=O) groups is 1. The van der Waals surface area contributed by atoms with E-state index in [1.54, 1.807) is 6.07 Å². The number of aliphatic hydroxyl groups excluding tert-OH is 1. The van der Waals surface area contributed by atoms with E-state index in [4.69, 9.17) is 18.6 Å². The van der Waals surface area contributed by atoms with Gasteiger partial charge in [-0.25, -0.2) is 4.79 Å². The predicted molar refractivity (Wildman–Crippen MR) is 97.8 cm³/mol. The largest absolute Gasteiger partial charge is 0.478 e. The smallest absolute Gasteiger partial charge is 0.343 e. The summed E-state index contributed by atoms with van der Waals surface area (Å²) in [6, 6.07) is 5.53. The Labute approximate surface area is 158 Å². The van der Waals surface area contributed by atoms with E-state index in [-0.39, 0.29) is 19.5 Å². The van der Waals surface area contributed by atoms with Gasteiger partial charge in [0, 0.05) is 24.0 Å². The first-order valence-corrected chi connectivity index (χ1v) is 9.30. The van der Waals surface area contributed by atoms with Crippen LogP contribution in [0.25, 0.3) is 11.0 Å². The van der Waals surface area contributed by atoms with E-state index >= 15 is 0 Å². The van der Waals surface area contributed by atoms with E-state index in [2.05, 4.69) is 4.74 Å². The van der Waals surface area contributed by atoms with Crippen LogP contribution in [-0.4, -0.2) is 50.9 Å². The highest BCUT2D eigenvalue weighted by molar-refractivity contribution is 5.87. The molecule has 2 aromatic rings. The molecule has 1 aliphatic rings. The number of para-hydroxylation sites is 1. The monoisotopic (exact) mass is 378 g/mol. The number of fused-ring (bicyclic) bond motifs is 1. The molecule has 0 aliphatic carbocycles. The molecule has 1 aromatic heterocycles. The zero-order valence-electron chi connectivity index (χ0n) is 15.6. The van der Waals surface area contributed by atoms with Gasteiger partial charge in [0.2, 0.25) is 0 Å². The van der Waals surface area contributed by atoms with Gasteiger partial charge in [-0.2, -0.15) is 0 Å². The van der Waals surface area contributed by atoms with E-state index in [1.165, 1.54) is 7.11 Å². The van der Waals surface area contributed by atoms with Crippen LogP contribution < -0.4 is 4.74 Å². The molecule has 1 N–H and O–H groups in total. The van der Waals surface area contributed by atoms with Gasteiger partial charge in [-0.05, 0) is 31.7 Å². The highest BCUT2D eigenvalue weighted by Crippen LogP contribution is 2.33. The minimum atomic E-state index is -0.463. The molecule has 148 valence electrons. The molecule has 0 bridgehead atoms. The zero-order valence-corrected chi connectivity index (χ0v) is 15.6. The fraction of sp³-hybridized carbons (Fsp3) is 0.550. The molecular formula is C20H26O7. The summed E-state index contributed by atoms with van der Waals surface area (Å²) in [5.74, 6) is 0.713. The number of furan rings is 1. The molecule has 0 spiro atoms. The van der Waals surface area contributed by atoms with Crippen molar-refractivity contribution in [1.82, 2.24) is 0 Å². The van der Waals surface area contributed by atoms with Crippen molar-refractivity contribution >= 4 is 16.9 Å². The molecular weight excluding hydrogens is 352 g/mol. The lowest BCUT2D eigenvalue weighted by Gasteiger charge is -2.22. The number of hydrogen-bond donors (Lipinski definition) is 1. The predicted octanol–water partition coefficient (Wildman–Crippen LogP) is 2.61. The topological polar surface area (TPSA) is 87.4 Å². The summed E-state index contributed by atoms with van der Waals surface area (Å²) in [5.41, 5.74) is 1.55. The van der Waals surface area contributed by atoms with Crippen LogP contribution >= 0.6 is 0 Å². The molecule has 27 heavy (non-hydrogen) atoms. The molecule has 2 heterocycles. The van der Waals surface area contributed by atoms with Crippen molar-refractivity contribution in [3.8, 4) is 5.75 Å². The second-order valence-electron chi connectivity index (χ2n) is 6.39. The van der Waals surface area contributed by atoms with Crippen LogP contribution in [-0.2, 0) is 31.8 Å². The van der Waals surface area contributed by atoms with Crippen molar-refractivity contribution in [3.63, 3.8) is 0 Å². The van der Waals surface area contributed by atoms with E-state index in [9.17, 15) is 9.90 Å². The molecule has 1 fully saturated rings. The summed E-state index contributed by atoms with van der Waals surface area (Å²) >= 11 is 0. The lowest BCUT2D eigenvalue weighted by Crippen LogP contribution is -2.23. The maximum Gasteiger partial charge on any atom is 0.343 e. The Kier molecular flexibility index (Phi) is 7.09. The van der Waals surface area contributed by atoms with Crippen molar-refractivity contribution in [2.45, 2.75) is 38.4 Å². The number of aliphatic hydroxyl groups is 1. The summed E-state index contributed by atoms with van der Waals surface area (Å²) in [5, 5.41) is 10.3. The second kappa shape index (κ2) is 9.73. The van der Waals surface area contributed by atoms with Crippen LogP contribution in [0.3, 0.4) is 0 Å². The van der Waals surface area contributed by atoms with Crippen molar-refractivity contribution < 1.29 is 33.3 Å². The molecule has 0 radical (unpaired) electrons. The molecule has 1 saturated heterocycles. The van der Waals surface area contributed by atoms with Crippen LogP contribution in [0.5, 0.6) is 5.75 Å². The van der Waals surface area contributed by atoms with Crippen LogP contribution in [0.15, 0.2) is 22.6 Å². The number of esters is 1. The average molecular weight is 378 g/mol. The minimum absolute atomic E-state index is 0.0161. The van der Waals surface area contributed by atoms with E-state index in [0.717, 1.165) is 36.8 Å². The highest BCUT2D eigenvalue weighted by atomic mass is 16.7. The first-order chi connectivity index (χ1) is 13.2. The van der Waals surface area contributed by atoms with Crippen LogP contribution in [0.4, 0.5) is 0 Å². The third-order valence-electron chi connectivity index (χ3n) is 4.57. The van der Waals surface area contributed by atoms with Gasteiger partial charge < -0.3 is 28.5 Å². The van der Waals surface area contributed by atoms with Gasteiger partial charge >= 0.3 is 5.97 Å². The molecule has 1 aromatic carbocycles. The minimum Gasteiger partial charge on any atom is -0.478 e. The van der Waals surface area contributed by atoms with Crippen molar-refractivity contribution in [3.05, 3.63) is 29.5 Å². The van der Waals surface area contributed by atoms with Gasteiger partial charge in [0.15, 0.2) is 24.2 Å². The lowest BCUT2D eigenvalue weighted by atomic mass is 10.1. The molecule has 0 amide bonds. The molecule has 7 nitrogen and oxygen atoms in total. The third kappa shape index (κ3) is 5.00.